The molecule has 2 aromatic rings. The molecule has 19 heavy (non-hydrogen) atoms. The first-order chi connectivity index (χ1) is 9.25. The fourth-order valence-electron chi connectivity index (χ4n) is 2.92. The van der Waals surface area contributed by atoms with Gasteiger partial charge < -0.3 is 4.74 Å². The van der Waals surface area contributed by atoms with E-state index in [4.69, 9.17) is 4.74 Å². The lowest BCUT2D eigenvalue weighted by Crippen LogP contribution is -2.23. The van der Waals surface area contributed by atoms with Gasteiger partial charge in [-0.05, 0) is 29.7 Å². The number of hydrogen-bond donors (Lipinski definition) is 0. The van der Waals surface area contributed by atoms with Crippen molar-refractivity contribution in [2.24, 2.45) is 5.92 Å². The van der Waals surface area contributed by atoms with Crippen LogP contribution in [0, 0.1) is 5.92 Å². The molecule has 0 saturated carbocycles. The van der Waals surface area contributed by atoms with Gasteiger partial charge in [0.2, 0.25) is 0 Å². The van der Waals surface area contributed by atoms with E-state index in [1.807, 2.05) is 25.1 Å². The normalized spacial score (nSPS) is 22.8. The quantitative estimate of drug-likeness (QED) is 0.839. The molecule has 1 fully saturated rings. The molecule has 1 aliphatic heterocycles. The SMILES string of the molecule is CC1OCCC1C(=O)Cc1cccc2ccccc12. The summed E-state index contributed by atoms with van der Waals surface area (Å²) < 4.78 is 5.49. The molecule has 3 rings (SSSR count). The van der Waals surface area contributed by atoms with Crippen molar-refractivity contribution in [2.75, 3.05) is 6.61 Å². The number of fused-ring (bicyclic) bond motifs is 1. The maximum Gasteiger partial charge on any atom is 0.143 e. The molecule has 2 aromatic carbocycles. The second-order valence-corrected chi connectivity index (χ2v) is 5.25. The molecule has 0 N–H and O–H groups in total. The summed E-state index contributed by atoms with van der Waals surface area (Å²) in [7, 11) is 0. The molecule has 2 unspecified atom stereocenters. The van der Waals surface area contributed by atoms with E-state index in [1.165, 1.54) is 10.8 Å². The number of benzene rings is 2. The van der Waals surface area contributed by atoms with Crippen LogP contribution < -0.4 is 0 Å². The van der Waals surface area contributed by atoms with Gasteiger partial charge in [-0.25, -0.2) is 0 Å². The number of ketones is 1. The summed E-state index contributed by atoms with van der Waals surface area (Å²) in [5, 5.41) is 2.38. The predicted molar refractivity (Wildman–Crippen MR) is 76.2 cm³/mol. The van der Waals surface area contributed by atoms with E-state index < -0.39 is 0 Å². The molecule has 0 spiro atoms. The maximum atomic E-state index is 12.4. The summed E-state index contributed by atoms with van der Waals surface area (Å²) in [6, 6.07) is 14.4. The molecule has 1 heterocycles. The van der Waals surface area contributed by atoms with E-state index >= 15 is 0 Å². The van der Waals surface area contributed by atoms with E-state index in [-0.39, 0.29) is 12.0 Å². The Balaban J connectivity index is 1.87. The summed E-state index contributed by atoms with van der Waals surface area (Å²) in [6.07, 6.45) is 1.45. The van der Waals surface area contributed by atoms with E-state index in [0.717, 1.165) is 12.0 Å². The van der Waals surface area contributed by atoms with Crippen LogP contribution in [0.25, 0.3) is 10.8 Å². The smallest absolute Gasteiger partial charge is 0.143 e. The molecule has 1 aliphatic rings. The Bertz CT molecular complexity index is 598. The van der Waals surface area contributed by atoms with Crippen LogP contribution in [0.2, 0.25) is 0 Å². The Morgan fingerprint density at radius 2 is 2.00 bits per heavy atom. The van der Waals surface area contributed by atoms with E-state index in [0.29, 0.717) is 18.8 Å². The maximum absolute atomic E-state index is 12.4. The van der Waals surface area contributed by atoms with E-state index in [9.17, 15) is 4.79 Å². The van der Waals surface area contributed by atoms with Gasteiger partial charge in [-0.2, -0.15) is 0 Å². The van der Waals surface area contributed by atoms with Crippen molar-refractivity contribution in [2.45, 2.75) is 25.9 Å². The van der Waals surface area contributed by atoms with Crippen LogP contribution in [-0.4, -0.2) is 18.5 Å². The van der Waals surface area contributed by atoms with Crippen LogP contribution in [-0.2, 0) is 16.0 Å². The zero-order chi connectivity index (χ0) is 13.2. The first-order valence-corrected chi connectivity index (χ1v) is 6.86. The number of Topliss-reactive ketones (excluding diaryl/α,β-unsaturated/α-hetero) is 1. The van der Waals surface area contributed by atoms with Crippen molar-refractivity contribution in [3.8, 4) is 0 Å². The second-order valence-electron chi connectivity index (χ2n) is 5.25. The van der Waals surface area contributed by atoms with Crippen LogP contribution in [0.5, 0.6) is 0 Å². The highest BCUT2D eigenvalue weighted by molar-refractivity contribution is 5.91. The molecule has 1 saturated heterocycles. The minimum atomic E-state index is 0.0685. The highest BCUT2D eigenvalue weighted by atomic mass is 16.5. The van der Waals surface area contributed by atoms with Gasteiger partial charge in [0, 0.05) is 18.9 Å². The van der Waals surface area contributed by atoms with E-state index in [2.05, 4.69) is 24.3 Å². The average Bonchev–Trinajstić information content (AvgIpc) is 2.85. The molecular weight excluding hydrogens is 236 g/mol. The van der Waals surface area contributed by atoms with Crippen molar-refractivity contribution in [3.63, 3.8) is 0 Å². The number of rotatable bonds is 3. The first kappa shape index (κ1) is 12.4. The lowest BCUT2D eigenvalue weighted by atomic mass is 9.91. The summed E-state index contributed by atoms with van der Waals surface area (Å²) >= 11 is 0. The minimum Gasteiger partial charge on any atom is -0.378 e. The van der Waals surface area contributed by atoms with Gasteiger partial charge in [0.25, 0.3) is 0 Å². The molecule has 98 valence electrons. The molecule has 0 amide bonds. The Labute approximate surface area is 113 Å². The summed E-state index contributed by atoms with van der Waals surface area (Å²) in [5.74, 6) is 0.375. The Morgan fingerprint density at radius 1 is 1.21 bits per heavy atom. The monoisotopic (exact) mass is 254 g/mol. The minimum absolute atomic E-state index is 0.0685. The highest BCUT2D eigenvalue weighted by Gasteiger charge is 2.30. The van der Waals surface area contributed by atoms with Gasteiger partial charge >= 0.3 is 0 Å². The molecule has 0 aromatic heterocycles. The largest absolute Gasteiger partial charge is 0.378 e. The molecule has 0 radical (unpaired) electrons. The van der Waals surface area contributed by atoms with Crippen molar-refractivity contribution < 1.29 is 9.53 Å². The number of hydrogen-bond acceptors (Lipinski definition) is 2. The number of carbonyl (C=O) groups is 1. The number of carbonyl (C=O) groups excluding carboxylic acids is 1. The van der Waals surface area contributed by atoms with Crippen LogP contribution in [0.3, 0.4) is 0 Å². The molecule has 2 atom stereocenters. The lowest BCUT2D eigenvalue weighted by Gasteiger charge is -2.13. The van der Waals surface area contributed by atoms with Crippen molar-refractivity contribution in [1.29, 1.82) is 0 Å². The third-order valence-corrected chi connectivity index (χ3v) is 4.03. The molecule has 2 nitrogen and oxygen atoms in total. The van der Waals surface area contributed by atoms with Crippen LogP contribution in [0.4, 0.5) is 0 Å². The van der Waals surface area contributed by atoms with Gasteiger partial charge in [-0.3, -0.25) is 4.79 Å². The van der Waals surface area contributed by atoms with Gasteiger partial charge in [0.05, 0.1) is 6.10 Å². The standard InChI is InChI=1S/C17H18O2/c1-12-15(9-10-19-12)17(18)11-14-7-4-6-13-5-2-3-8-16(13)14/h2-8,12,15H,9-11H2,1H3. The summed E-state index contributed by atoms with van der Waals surface area (Å²) in [4.78, 5) is 12.4. The summed E-state index contributed by atoms with van der Waals surface area (Å²) in [5.41, 5.74) is 1.13. The Kier molecular flexibility index (Phi) is 3.34. The molecule has 0 bridgehead atoms. The summed E-state index contributed by atoms with van der Waals surface area (Å²) in [6.45, 7) is 2.71. The van der Waals surface area contributed by atoms with Crippen LogP contribution in [0.1, 0.15) is 18.9 Å². The molecule has 0 aliphatic carbocycles. The third-order valence-electron chi connectivity index (χ3n) is 4.03. The van der Waals surface area contributed by atoms with Gasteiger partial charge in [0.1, 0.15) is 5.78 Å². The predicted octanol–water partition coefficient (Wildman–Crippen LogP) is 3.38. The number of ether oxygens (including phenoxy) is 1. The zero-order valence-electron chi connectivity index (χ0n) is 11.1. The average molecular weight is 254 g/mol. The second kappa shape index (κ2) is 5.14. The van der Waals surface area contributed by atoms with Gasteiger partial charge in [0.15, 0.2) is 0 Å². The first-order valence-electron chi connectivity index (χ1n) is 6.86. The van der Waals surface area contributed by atoms with Gasteiger partial charge in [-0.1, -0.05) is 42.5 Å². The molecule has 2 heteroatoms. The zero-order valence-corrected chi connectivity index (χ0v) is 11.1. The fourth-order valence-corrected chi connectivity index (χ4v) is 2.92. The van der Waals surface area contributed by atoms with Crippen molar-refractivity contribution >= 4 is 16.6 Å². The fraction of sp³-hybridized carbons (Fsp3) is 0.353. The van der Waals surface area contributed by atoms with Crippen molar-refractivity contribution in [3.05, 3.63) is 48.0 Å². The highest BCUT2D eigenvalue weighted by Crippen LogP contribution is 2.25. The molecular formula is C17H18O2. The van der Waals surface area contributed by atoms with Crippen LogP contribution in [0.15, 0.2) is 42.5 Å². The van der Waals surface area contributed by atoms with E-state index in [1.54, 1.807) is 0 Å². The Morgan fingerprint density at radius 3 is 2.79 bits per heavy atom. The third kappa shape index (κ3) is 2.41. The van der Waals surface area contributed by atoms with Gasteiger partial charge in [-0.15, -0.1) is 0 Å². The Hall–Kier alpha value is -1.67. The lowest BCUT2D eigenvalue weighted by molar-refractivity contribution is -0.123. The topological polar surface area (TPSA) is 26.3 Å². The van der Waals surface area contributed by atoms with Crippen LogP contribution >= 0.6 is 0 Å². The van der Waals surface area contributed by atoms with Crippen molar-refractivity contribution in [1.82, 2.24) is 0 Å².